The van der Waals surface area contributed by atoms with Gasteiger partial charge in [-0.2, -0.15) is 0 Å². The smallest absolute Gasteiger partial charge is 0.271 e. The molecule has 1 aromatic carbocycles. The predicted molar refractivity (Wildman–Crippen MR) is 125 cm³/mol. The van der Waals surface area contributed by atoms with Crippen LogP contribution in [0.25, 0.3) is 10.9 Å². The first kappa shape index (κ1) is 22.7. The van der Waals surface area contributed by atoms with Crippen LogP contribution in [0.2, 0.25) is 0 Å². The fourth-order valence-electron chi connectivity index (χ4n) is 6.10. The number of nitrogens with zero attached hydrogens (tertiary/aromatic N) is 1. The molecule has 2 aliphatic heterocycles. The van der Waals surface area contributed by atoms with Gasteiger partial charge in [0.1, 0.15) is 17.5 Å². The molecular weight excluding hydrogens is 436 g/mol. The van der Waals surface area contributed by atoms with Crippen LogP contribution in [-0.2, 0) is 9.59 Å². The second-order valence-electron chi connectivity index (χ2n) is 9.76. The number of carbonyl (C=O) groups excluding carboxylic acids is 3. The minimum absolute atomic E-state index is 0.0320. The molecule has 2 aromatic rings. The lowest BCUT2D eigenvalue weighted by atomic mass is 9.92. The minimum atomic E-state index is -0.584. The second kappa shape index (κ2) is 9.29. The third kappa shape index (κ3) is 4.02. The molecule has 0 radical (unpaired) electrons. The molecule has 2 saturated heterocycles. The molecule has 5 atom stereocenters. The van der Waals surface area contributed by atoms with Crippen molar-refractivity contribution in [2.75, 3.05) is 26.8 Å². The van der Waals surface area contributed by atoms with Gasteiger partial charge in [-0.1, -0.05) is 12.5 Å². The highest BCUT2D eigenvalue weighted by Crippen LogP contribution is 2.43. The summed E-state index contributed by atoms with van der Waals surface area (Å²) in [5.41, 5.74) is 1.23. The number of aliphatic hydroxyl groups is 1. The second-order valence-corrected chi connectivity index (χ2v) is 9.76. The summed E-state index contributed by atoms with van der Waals surface area (Å²) in [7, 11) is 1.60. The first-order chi connectivity index (χ1) is 16.5. The summed E-state index contributed by atoms with van der Waals surface area (Å²) in [5.74, 6) is 0.401. The number of fused-ring (bicyclic) bond motifs is 2. The van der Waals surface area contributed by atoms with Gasteiger partial charge in [-0.25, -0.2) is 0 Å². The van der Waals surface area contributed by atoms with Crippen molar-refractivity contribution in [1.29, 1.82) is 0 Å². The average molecular weight is 469 g/mol. The predicted octanol–water partition coefficient (Wildman–Crippen LogP) is 1.42. The van der Waals surface area contributed by atoms with Crippen molar-refractivity contribution < 1.29 is 24.2 Å². The summed E-state index contributed by atoms with van der Waals surface area (Å²) >= 11 is 0. The Labute approximate surface area is 198 Å². The van der Waals surface area contributed by atoms with E-state index in [0.717, 1.165) is 30.2 Å². The van der Waals surface area contributed by atoms with Gasteiger partial charge in [0.2, 0.25) is 11.8 Å². The number of hydrogen-bond acceptors (Lipinski definition) is 5. The molecule has 0 bridgehead atoms. The van der Waals surface area contributed by atoms with E-state index in [9.17, 15) is 19.5 Å². The number of likely N-dealkylation sites (tertiary alicyclic amines) is 1. The molecule has 1 saturated carbocycles. The van der Waals surface area contributed by atoms with Gasteiger partial charge in [0, 0.05) is 29.9 Å². The number of aromatic nitrogens is 1. The van der Waals surface area contributed by atoms with Crippen LogP contribution in [0.5, 0.6) is 5.75 Å². The highest BCUT2D eigenvalue weighted by atomic mass is 16.5. The van der Waals surface area contributed by atoms with Crippen molar-refractivity contribution in [3.05, 3.63) is 30.0 Å². The highest BCUT2D eigenvalue weighted by Gasteiger charge is 2.50. The van der Waals surface area contributed by atoms with E-state index in [2.05, 4.69) is 15.6 Å². The van der Waals surface area contributed by atoms with Crippen LogP contribution >= 0.6 is 0 Å². The fraction of sp³-hybridized carbons (Fsp3) is 0.560. The first-order valence-corrected chi connectivity index (χ1v) is 12.2. The van der Waals surface area contributed by atoms with Gasteiger partial charge in [-0.3, -0.25) is 14.4 Å². The molecule has 4 unspecified atom stereocenters. The molecule has 1 aromatic heterocycles. The summed E-state index contributed by atoms with van der Waals surface area (Å²) in [6.45, 7) is 0.925. The zero-order valence-corrected chi connectivity index (χ0v) is 19.4. The molecule has 3 aliphatic rings. The number of nitrogens with one attached hydrogen (secondary N) is 3. The number of carbonyl (C=O) groups is 3. The lowest BCUT2D eigenvalue weighted by Crippen LogP contribution is -2.52. The van der Waals surface area contributed by atoms with E-state index >= 15 is 0 Å². The Balaban J connectivity index is 1.36. The van der Waals surface area contributed by atoms with Gasteiger partial charge in [0.25, 0.3) is 5.91 Å². The van der Waals surface area contributed by atoms with Gasteiger partial charge < -0.3 is 30.4 Å². The summed E-state index contributed by atoms with van der Waals surface area (Å²) in [6.07, 6.45) is 4.06. The lowest BCUT2D eigenvalue weighted by molar-refractivity contribution is -0.128. The standard InChI is InChI=1S/C25H32N4O5/c1-34-21-7-3-6-19-18(21)11-20(28-19)25(33)29-12-15-4-2-5-17(15)22(29)24(32)27-16(13-30)10-14-8-9-26-23(14)31/h3,6-7,11,14-17,22,28,30H,2,4-5,8-10,12-13H2,1H3,(H,26,31)(H,27,32)/t14?,15?,16?,17?,22-/m0/s1. The number of aliphatic hydroxyl groups excluding tert-OH is 1. The number of methoxy groups -OCH3 is 1. The number of rotatable bonds is 7. The molecule has 0 spiro atoms. The van der Waals surface area contributed by atoms with Gasteiger partial charge >= 0.3 is 0 Å². The number of hydrogen-bond donors (Lipinski definition) is 4. The van der Waals surface area contributed by atoms with Crippen LogP contribution in [0.1, 0.15) is 42.6 Å². The normalized spacial score (nSPS) is 27.0. The summed E-state index contributed by atoms with van der Waals surface area (Å²) < 4.78 is 5.42. The number of benzene rings is 1. The van der Waals surface area contributed by atoms with Gasteiger partial charge in [0.15, 0.2) is 0 Å². The van der Waals surface area contributed by atoms with Crippen LogP contribution in [0.15, 0.2) is 24.3 Å². The third-order valence-corrected chi connectivity index (χ3v) is 7.79. The average Bonchev–Trinajstić information content (AvgIpc) is 3.61. The van der Waals surface area contributed by atoms with E-state index in [1.165, 1.54) is 0 Å². The Morgan fingerprint density at radius 1 is 1.29 bits per heavy atom. The van der Waals surface area contributed by atoms with Crippen molar-refractivity contribution in [1.82, 2.24) is 20.5 Å². The topological polar surface area (TPSA) is 124 Å². The van der Waals surface area contributed by atoms with Crippen molar-refractivity contribution in [3.63, 3.8) is 0 Å². The van der Waals surface area contributed by atoms with Crippen molar-refractivity contribution >= 4 is 28.6 Å². The van der Waals surface area contributed by atoms with Crippen molar-refractivity contribution in [2.24, 2.45) is 17.8 Å². The zero-order chi connectivity index (χ0) is 23.8. The number of H-pyrrole nitrogens is 1. The lowest BCUT2D eigenvalue weighted by Gasteiger charge is -2.29. The highest BCUT2D eigenvalue weighted by molar-refractivity contribution is 6.02. The van der Waals surface area contributed by atoms with E-state index in [4.69, 9.17) is 4.74 Å². The van der Waals surface area contributed by atoms with Crippen molar-refractivity contribution in [2.45, 2.75) is 44.2 Å². The fourth-order valence-corrected chi connectivity index (χ4v) is 6.10. The molecule has 3 heterocycles. The number of amides is 3. The molecule has 3 amide bonds. The number of ether oxygens (including phenoxy) is 1. The molecule has 9 nitrogen and oxygen atoms in total. The largest absolute Gasteiger partial charge is 0.496 e. The van der Waals surface area contributed by atoms with Crippen molar-refractivity contribution in [3.8, 4) is 5.75 Å². The summed E-state index contributed by atoms with van der Waals surface area (Å²) in [4.78, 5) is 43.9. The summed E-state index contributed by atoms with van der Waals surface area (Å²) in [6, 6.07) is 6.29. The van der Waals surface area contributed by atoms with E-state index in [0.29, 0.717) is 43.3 Å². The monoisotopic (exact) mass is 468 g/mol. The van der Waals surface area contributed by atoms with Gasteiger partial charge in [-0.05, 0) is 55.7 Å². The molecule has 3 fully saturated rings. The van der Waals surface area contributed by atoms with E-state index in [1.807, 2.05) is 18.2 Å². The van der Waals surface area contributed by atoms with E-state index in [-0.39, 0.29) is 36.2 Å². The maximum absolute atomic E-state index is 13.6. The molecule has 1 aliphatic carbocycles. The maximum atomic E-state index is 13.6. The van der Waals surface area contributed by atoms with Crippen LogP contribution < -0.4 is 15.4 Å². The van der Waals surface area contributed by atoms with Crippen LogP contribution in [0.3, 0.4) is 0 Å². The quantitative estimate of drug-likeness (QED) is 0.489. The molecular formula is C25H32N4O5. The SMILES string of the molecule is COc1cccc2[nH]c(C(=O)N3CC4CCCC4[C@H]3C(=O)NC(CO)CC3CCNC3=O)cc12. The number of aromatic amines is 1. The van der Waals surface area contributed by atoms with Gasteiger partial charge in [-0.15, -0.1) is 0 Å². The summed E-state index contributed by atoms with van der Waals surface area (Å²) in [5, 5.41) is 16.5. The molecule has 5 rings (SSSR count). The van der Waals surface area contributed by atoms with Crippen LogP contribution in [-0.4, -0.2) is 71.6 Å². The van der Waals surface area contributed by atoms with E-state index in [1.54, 1.807) is 18.1 Å². The van der Waals surface area contributed by atoms with Crippen LogP contribution in [0.4, 0.5) is 0 Å². The van der Waals surface area contributed by atoms with Crippen LogP contribution in [0, 0.1) is 17.8 Å². The minimum Gasteiger partial charge on any atom is -0.496 e. The molecule has 9 heteroatoms. The Hall–Kier alpha value is -3.07. The molecule has 182 valence electrons. The van der Waals surface area contributed by atoms with Gasteiger partial charge in [0.05, 0.1) is 19.8 Å². The third-order valence-electron chi connectivity index (χ3n) is 7.79. The molecule has 34 heavy (non-hydrogen) atoms. The van der Waals surface area contributed by atoms with E-state index < -0.39 is 12.1 Å². The molecule has 4 N–H and O–H groups in total. The zero-order valence-electron chi connectivity index (χ0n) is 19.4. The first-order valence-electron chi connectivity index (χ1n) is 12.2. The Bertz CT molecular complexity index is 1100. The Kier molecular flexibility index (Phi) is 6.20. The Morgan fingerprint density at radius 2 is 2.15 bits per heavy atom. The Morgan fingerprint density at radius 3 is 2.88 bits per heavy atom. The maximum Gasteiger partial charge on any atom is 0.271 e.